The van der Waals surface area contributed by atoms with Gasteiger partial charge in [-0.1, -0.05) is 6.07 Å². The summed E-state index contributed by atoms with van der Waals surface area (Å²) in [5.41, 5.74) is 0. The van der Waals surface area contributed by atoms with Gasteiger partial charge in [-0.25, -0.2) is 4.57 Å². The highest BCUT2D eigenvalue weighted by molar-refractivity contribution is 6.50. The first-order valence-electron chi connectivity index (χ1n) is 4.28. The number of pyridine rings is 1. The van der Waals surface area contributed by atoms with E-state index in [4.69, 9.17) is 5.11 Å². The number of hydrogen-bond donors (Lipinski definition) is 1. The van der Waals surface area contributed by atoms with E-state index in [1.807, 2.05) is 35.2 Å². The molecule has 1 unspecified atom stereocenters. The Balaban J connectivity index is 0.000000336. The summed E-state index contributed by atoms with van der Waals surface area (Å²) in [6.45, 7) is 2.45. The number of aliphatic hydroxyl groups is 1. The molecule has 0 fully saturated rings. The van der Waals surface area contributed by atoms with E-state index in [0.717, 1.165) is 0 Å². The van der Waals surface area contributed by atoms with Crippen LogP contribution in [0, 0.1) is 0 Å². The topological polar surface area (TPSA) is 24.1 Å². The summed E-state index contributed by atoms with van der Waals surface area (Å²) in [6.07, 6.45) is 3.60. The molecular weight excluding hydrogens is 213 g/mol. The number of rotatable bonds is 2. The van der Waals surface area contributed by atoms with Crippen molar-refractivity contribution in [2.75, 3.05) is 0 Å². The Bertz CT molecular complexity index is 259. The second-order valence-corrected chi connectivity index (χ2v) is 2.92. The van der Waals surface area contributed by atoms with E-state index >= 15 is 0 Å². The van der Waals surface area contributed by atoms with Gasteiger partial charge in [-0.05, 0) is 6.92 Å². The predicted octanol–water partition coefficient (Wildman–Crippen LogP) is 1.65. The first-order valence-corrected chi connectivity index (χ1v) is 4.28. The van der Waals surface area contributed by atoms with Crippen LogP contribution in [0.2, 0.25) is 0 Å². The van der Waals surface area contributed by atoms with Gasteiger partial charge in [0.05, 0.1) is 0 Å². The van der Waals surface area contributed by atoms with E-state index in [1.165, 1.54) is 0 Å². The Morgan fingerprint density at radius 1 is 1.13 bits per heavy atom. The van der Waals surface area contributed by atoms with Gasteiger partial charge in [0.2, 0.25) is 0 Å². The first-order chi connectivity index (χ1) is 6.79. The molecule has 7 heteroatoms. The first kappa shape index (κ1) is 13.9. The lowest BCUT2D eigenvalue weighted by Gasteiger charge is -1.97. The van der Waals surface area contributed by atoms with Crippen LogP contribution < -0.4 is 4.57 Å². The zero-order chi connectivity index (χ0) is 11.9. The maximum atomic E-state index is 9.75. The average molecular weight is 225 g/mol. The van der Waals surface area contributed by atoms with Crippen molar-refractivity contribution in [2.45, 2.75) is 19.6 Å². The summed E-state index contributed by atoms with van der Waals surface area (Å²) in [6, 6.07) is 5.85. The molecular formula is C8H12BF4NO. The van der Waals surface area contributed by atoms with Crippen molar-refractivity contribution in [3.8, 4) is 0 Å². The fraction of sp³-hybridized carbons (Fsp3) is 0.375. The van der Waals surface area contributed by atoms with Crippen molar-refractivity contribution in [1.29, 1.82) is 0 Å². The summed E-state index contributed by atoms with van der Waals surface area (Å²) in [4.78, 5) is 0. The predicted molar refractivity (Wildman–Crippen MR) is 48.5 cm³/mol. The molecule has 2 nitrogen and oxygen atoms in total. The summed E-state index contributed by atoms with van der Waals surface area (Å²) < 4.78 is 40.9. The molecule has 15 heavy (non-hydrogen) atoms. The summed E-state index contributed by atoms with van der Waals surface area (Å²) >= 11 is 0. The van der Waals surface area contributed by atoms with Crippen LogP contribution in [0.3, 0.4) is 0 Å². The van der Waals surface area contributed by atoms with E-state index in [1.54, 1.807) is 6.92 Å². The van der Waals surface area contributed by atoms with Crippen LogP contribution in [0.1, 0.15) is 6.92 Å². The fourth-order valence-corrected chi connectivity index (χ4v) is 0.861. The van der Waals surface area contributed by atoms with Crippen molar-refractivity contribution < 1.29 is 26.9 Å². The van der Waals surface area contributed by atoms with Crippen molar-refractivity contribution in [3.05, 3.63) is 30.6 Å². The van der Waals surface area contributed by atoms with Crippen LogP contribution in [0.4, 0.5) is 17.3 Å². The lowest BCUT2D eigenvalue weighted by molar-refractivity contribution is -0.703. The molecule has 1 atom stereocenters. The molecule has 0 radical (unpaired) electrons. The normalized spacial score (nSPS) is 12.7. The maximum absolute atomic E-state index is 9.75. The third-order valence-electron chi connectivity index (χ3n) is 1.25. The number of nitrogens with zero attached hydrogens (tertiary/aromatic N) is 1. The number of hydrogen-bond acceptors (Lipinski definition) is 1. The Labute approximate surface area is 85.3 Å². The summed E-state index contributed by atoms with van der Waals surface area (Å²) in [5, 5.41) is 8.98. The molecule has 1 aromatic rings. The molecule has 0 spiro atoms. The van der Waals surface area contributed by atoms with E-state index in [0.29, 0.717) is 6.54 Å². The Morgan fingerprint density at radius 3 is 1.87 bits per heavy atom. The standard InChI is InChI=1S/C8H12NO.BF4/c1-8(10)7-9-5-3-2-4-6-9;2-1(3,4)5/h2-6,8,10H,7H2,1H3;/q+1;-1. The molecule has 0 aliphatic rings. The molecule has 86 valence electrons. The van der Waals surface area contributed by atoms with Crippen LogP contribution in [-0.2, 0) is 6.54 Å². The van der Waals surface area contributed by atoms with Crippen molar-refractivity contribution >= 4 is 7.25 Å². The molecule has 1 heterocycles. The van der Waals surface area contributed by atoms with E-state index in [9.17, 15) is 17.3 Å². The molecule has 0 saturated heterocycles. The molecule has 1 rings (SSSR count). The third-order valence-corrected chi connectivity index (χ3v) is 1.25. The van der Waals surface area contributed by atoms with Crippen LogP contribution in [0.15, 0.2) is 30.6 Å². The largest absolute Gasteiger partial charge is 0.673 e. The Morgan fingerprint density at radius 2 is 1.53 bits per heavy atom. The van der Waals surface area contributed by atoms with Gasteiger partial charge in [0.1, 0.15) is 6.10 Å². The Hall–Kier alpha value is -1.11. The molecule has 0 aliphatic carbocycles. The van der Waals surface area contributed by atoms with E-state index in [-0.39, 0.29) is 6.10 Å². The summed E-state index contributed by atoms with van der Waals surface area (Å²) in [5.74, 6) is 0. The zero-order valence-corrected chi connectivity index (χ0v) is 8.15. The minimum atomic E-state index is -6.00. The van der Waals surface area contributed by atoms with Gasteiger partial charge in [0.25, 0.3) is 0 Å². The van der Waals surface area contributed by atoms with Crippen molar-refractivity contribution in [1.82, 2.24) is 0 Å². The van der Waals surface area contributed by atoms with Gasteiger partial charge >= 0.3 is 7.25 Å². The molecule has 0 saturated carbocycles. The SMILES string of the molecule is CC(O)C[n+]1ccccc1.F[B-](F)(F)F. The molecule has 1 N–H and O–H groups in total. The molecule has 1 aromatic heterocycles. The van der Waals surface area contributed by atoms with Gasteiger partial charge in [-0.2, -0.15) is 0 Å². The molecule has 0 bridgehead atoms. The zero-order valence-electron chi connectivity index (χ0n) is 8.15. The Kier molecular flexibility index (Phi) is 5.92. The lowest BCUT2D eigenvalue weighted by Crippen LogP contribution is -2.37. The highest BCUT2D eigenvalue weighted by atomic mass is 19.5. The number of aliphatic hydroxyl groups excluding tert-OH is 1. The van der Waals surface area contributed by atoms with E-state index in [2.05, 4.69) is 0 Å². The van der Waals surface area contributed by atoms with Crippen molar-refractivity contribution in [3.63, 3.8) is 0 Å². The van der Waals surface area contributed by atoms with Gasteiger partial charge in [-0.3, -0.25) is 0 Å². The molecule has 0 aliphatic heterocycles. The molecule has 0 aromatic carbocycles. The smallest absolute Gasteiger partial charge is 0.418 e. The van der Waals surface area contributed by atoms with Gasteiger partial charge in [0.15, 0.2) is 18.9 Å². The van der Waals surface area contributed by atoms with Gasteiger partial charge in [-0.15, -0.1) is 0 Å². The van der Waals surface area contributed by atoms with Gasteiger partial charge < -0.3 is 22.4 Å². The van der Waals surface area contributed by atoms with Crippen LogP contribution in [0.25, 0.3) is 0 Å². The van der Waals surface area contributed by atoms with Crippen LogP contribution in [-0.4, -0.2) is 18.5 Å². The lowest BCUT2D eigenvalue weighted by atomic mass is 10.3. The van der Waals surface area contributed by atoms with Crippen LogP contribution >= 0.6 is 0 Å². The van der Waals surface area contributed by atoms with Gasteiger partial charge in [0, 0.05) is 12.1 Å². The summed E-state index contributed by atoms with van der Waals surface area (Å²) in [7, 11) is -6.00. The molecule has 0 amide bonds. The van der Waals surface area contributed by atoms with E-state index < -0.39 is 7.25 Å². The number of halogens is 4. The van der Waals surface area contributed by atoms with Crippen LogP contribution in [0.5, 0.6) is 0 Å². The second kappa shape index (κ2) is 6.39. The second-order valence-electron chi connectivity index (χ2n) is 2.92. The fourth-order valence-electron chi connectivity index (χ4n) is 0.861. The highest BCUT2D eigenvalue weighted by Gasteiger charge is 2.20. The highest BCUT2D eigenvalue weighted by Crippen LogP contribution is 2.06. The minimum Gasteiger partial charge on any atom is -0.418 e. The monoisotopic (exact) mass is 225 g/mol. The van der Waals surface area contributed by atoms with Crippen molar-refractivity contribution in [2.24, 2.45) is 0 Å². The third kappa shape index (κ3) is 12.9. The number of aromatic nitrogens is 1. The quantitative estimate of drug-likeness (QED) is 0.461. The minimum absolute atomic E-state index is 0.271. The average Bonchev–Trinajstić information content (AvgIpc) is 2.01. The maximum Gasteiger partial charge on any atom is 0.673 e.